The van der Waals surface area contributed by atoms with Crippen molar-refractivity contribution in [3.05, 3.63) is 0 Å². The van der Waals surface area contributed by atoms with Crippen LogP contribution in [0.4, 0.5) is 4.79 Å². The first-order valence-electron chi connectivity index (χ1n) is 9.62. The Labute approximate surface area is 198 Å². The van der Waals surface area contributed by atoms with Crippen LogP contribution in [0.25, 0.3) is 0 Å². The lowest BCUT2D eigenvalue weighted by Crippen LogP contribution is -2.49. The average Bonchev–Trinajstić information content (AvgIpc) is 2.54. The van der Waals surface area contributed by atoms with Crippen LogP contribution in [0, 0.1) is 5.92 Å². The molecule has 0 aromatic heterocycles. The van der Waals surface area contributed by atoms with Crippen molar-refractivity contribution in [2.75, 3.05) is 6.54 Å². The zero-order valence-corrected chi connectivity index (χ0v) is 20.8. The third kappa shape index (κ3) is 14.3. The molecule has 1 amide bonds. The summed E-state index contributed by atoms with van der Waals surface area (Å²) in [5.74, 6) is 0.860. The van der Waals surface area contributed by atoms with Crippen molar-refractivity contribution in [3.8, 4) is 0 Å². The number of Topliss-reactive ketones (excluding diaryl/α,β-unsaturated/α-hetero) is 2. The highest BCUT2D eigenvalue weighted by Gasteiger charge is 2.32. The number of halogens is 1. The molecule has 2 rings (SSSR count). The molecule has 0 N–H and O–H groups in total. The molecule has 0 aromatic carbocycles. The predicted molar refractivity (Wildman–Crippen MR) is 133 cm³/mol. The average molecular weight is 474 g/mol. The van der Waals surface area contributed by atoms with Crippen LogP contribution in [-0.2, 0) is 14.3 Å². The Bertz CT molecular complexity index is 478. The second-order valence-electron chi connectivity index (χ2n) is 8.24. The molecule has 2 fully saturated rings. The number of ether oxygens (including phenoxy) is 1. The molecule has 1 saturated heterocycles. The van der Waals surface area contributed by atoms with Crippen LogP contribution < -0.4 is 0 Å². The highest BCUT2D eigenvalue weighted by molar-refractivity contribution is 7.59. The fourth-order valence-corrected chi connectivity index (χ4v) is 3.40. The van der Waals surface area contributed by atoms with E-state index in [9.17, 15) is 14.4 Å². The zero-order valence-electron chi connectivity index (χ0n) is 18.0. The molecular formula is C21H44ClNO4S2. The third-order valence-electron chi connectivity index (χ3n) is 4.78. The largest absolute Gasteiger partial charge is 0.444 e. The molecule has 176 valence electrons. The van der Waals surface area contributed by atoms with Gasteiger partial charge in [-0.25, -0.2) is 4.79 Å². The maximum absolute atomic E-state index is 11.9. The van der Waals surface area contributed by atoms with E-state index >= 15 is 0 Å². The molecule has 1 aliphatic carbocycles. The highest BCUT2D eigenvalue weighted by Crippen LogP contribution is 2.24. The minimum absolute atomic E-state index is 0. The summed E-state index contributed by atoms with van der Waals surface area (Å²) >= 11 is 0. The maximum Gasteiger partial charge on any atom is 0.410 e. The van der Waals surface area contributed by atoms with Crippen molar-refractivity contribution >= 4 is 57.1 Å². The van der Waals surface area contributed by atoms with Crippen LogP contribution in [0.3, 0.4) is 0 Å². The SMILES string of the molecule is C.CC(=O)C1CCCCC1.CC(=O)[C@@H]1CCCCN1C(=O)OC(C)(C)C.Cl.S.S. The first-order valence-corrected chi connectivity index (χ1v) is 9.62. The van der Waals surface area contributed by atoms with Crippen molar-refractivity contribution in [2.45, 2.75) is 105 Å². The fraction of sp³-hybridized carbons (Fsp3) is 0.857. The van der Waals surface area contributed by atoms with Gasteiger partial charge in [-0.1, -0.05) is 26.7 Å². The van der Waals surface area contributed by atoms with Gasteiger partial charge in [-0.3, -0.25) is 14.5 Å². The van der Waals surface area contributed by atoms with Gasteiger partial charge < -0.3 is 4.74 Å². The van der Waals surface area contributed by atoms with E-state index in [4.69, 9.17) is 4.74 Å². The Kier molecular flexibility index (Phi) is 21.5. The Balaban J connectivity index is -0.000000210. The molecule has 8 heteroatoms. The van der Waals surface area contributed by atoms with E-state index in [0.717, 1.165) is 32.1 Å². The third-order valence-corrected chi connectivity index (χ3v) is 4.78. The number of likely N-dealkylation sites (tertiary alicyclic amines) is 1. The molecule has 0 unspecified atom stereocenters. The van der Waals surface area contributed by atoms with Crippen LogP contribution in [0.1, 0.15) is 93.4 Å². The smallest absolute Gasteiger partial charge is 0.410 e. The monoisotopic (exact) mass is 473 g/mol. The molecule has 1 atom stereocenters. The summed E-state index contributed by atoms with van der Waals surface area (Å²) in [6.07, 6.45) is 8.51. The molecule has 0 spiro atoms. The molecule has 0 aromatic rings. The number of ketones is 2. The lowest BCUT2D eigenvalue weighted by atomic mass is 9.87. The number of amides is 1. The van der Waals surface area contributed by atoms with E-state index < -0.39 is 5.60 Å². The van der Waals surface area contributed by atoms with Gasteiger partial charge in [0.25, 0.3) is 0 Å². The normalized spacial score (nSPS) is 18.8. The van der Waals surface area contributed by atoms with Crippen molar-refractivity contribution in [1.29, 1.82) is 0 Å². The van der Waals surface area contributed by atoms with Crippen molar-refractivity contribution in [1.82, 2.24) is 4.90 Å². The molecular weight excluding hydrogens is 430 g/mol. The molecule has 1 aliphatic heterocycles. The summed E-state index contributed by atoms with van der Waals surface area (Å²) in [4.78, 5) is 35.7. The molecule has 1 saturated carbocycles. The van der Waals surface area contributed by atoms with E-state index in [0.29, 0.717) is 18.2 Å². The molecule has 1 heterocycles. The van der Waals surface area contributed by atoms with Gasteiger partial charge in [0.15, 0.2) is 5.78 Å². The molecule has 2 aliphatic rings. The number of carbonyl (C=O) groups is 3. The van der Waals surface area contributed by atoms with E-state index in [1.165, 1.54) is 26.2 Å². The van der Waals surface area contributed by atoms with Gasteiger partial charge in [0.2, 0.25) is 0 Å². The Morgan fingerprint density at radius 2 is 1.31 bits per heavy atom. The summed E-state index contributed by atoms with van der Waals surface area (Å²) in [5, 5.41) is 0. The van der Waals surface area contributed by atoms with E-state index in [1.54, 1.807) is 11.8 Å². The van der Waals surface area contributed by atoms with Crippen LogP contribution in [0.15, 0.2) is 0 Å². The Morgan fingerprint density at radius 1 is 0.828 bits per heavy atom. The number of piperidine rings is 1. The Hall–Kier alpha value is -0.400. The lowest BCUT2D eigenvalue weighted by Gasteiger charge is -2.35. The summed E-state index contributed by atoms with van der Waals surface area (Å²) in [5.41, 5.74) is -0.504. The van der Waals surface area contributed by atoms with E-state index in [2.05, 4.69) is 0 Å². The minimum atomic E-state index is -0.504. The van der Waals surface area contributed by atoms with Gasteiger partial charge in [0.05, 0.1) is 6.04 Å². The number of nitrogens with zero attached hydrogens (tertiary/aromatic N) is 1. The van der Waals surface area contributed by atoms with Crippen LogP contribution in [0.5, 0.6) is 0 Å². The summed E-state index contributed by atoms with van der Waals surface area (Å²) in [6, 6.07) is -0.288. The van der Waals surface area contributed by atoms with E-state index in [1.807, 2.05) is 20.8 Å². The van der Waals surface area contributed by atoms with Gasteiger partial charge in [-0.05, 0) is 66.7 Å². The topological polar surface area (TPSA) is 63.7 Å². The van der Waals surface area contributed by atoms with Crippen molar-refractivity contribution in [3.63, 3.8) is 0 Å². The summed E-state index contributed by atoms with van der Waals surface area (Å²) in [7, 11) is 0. The van der Waals surface area contributed by atoms with Crippen molar-refractivity contribution in [2.24, 2.45) is 5.92 Å². The first kappa shape index (κ1) is 36.0. The number of hydrogen-bond acceptors (Lipinski definition) is 4. The highest BCUT2D eigenvalue weighted by atomic mass is 35.5. The quantitative estimate of drug-likeness (QED) is 0.508. The van der Waals surface area contributed by atoms with Crippen molar-refractivity contribution < 1.29 is 19.1 Å². The lowest BCUT2D eigenvalue weighted by molar-refractivity contribution is -0.123. The van der Waals surface area contributed by atoms with E-state index in [-0.39, 0.29) is 64.7 Å². The van der Waals surface area contributed by atoms with Gasteiger partial charge in [-0.2, -0.15) is 27.0 Å². The standard InChI is InChI=1S/C12H21NO3.C8H14O.CH4.ClH.2H2S/c1-9(14)10-7-5-6-8-13(10)11(15)16-12(2,3)4;1-7(9)8-5-3-2-4-6-8;;;;/h10H,5-8H2,1-4H3;8H,2-6H2,1H3;1H4;1H;2*1H2/t10-;;;;;/m0...../s1. The molecule has 0 radical (unpaired) electrons. The molecule has 0 bridgehead atoms. The second kappa shape index (κ2) is 17.3. The van der Waals surface area contributed by atoms with Crippen LogP contribution in [0.2, 0.25) is 0 Å². The van der Waals surface area contributed by atoms with Gasteiger partial charge in [-0.15, -0.1) is 12.4 Å². The second-order valence-corrected chi connectivity index (χ2v) is 8.24. The fourth-order valence-electron chi connectivity index (χ4n) is 3.40. The minimum Gasteiger partial charge on any atom is -0.444 e. The predicted octanol–water partition coefficient (Wildman–Crippen LogP) is 5.80. The summed E-state index contributed by atoms with van der Waals surface area (Å²) < 4.78 is 5.29. The molecule has 29 heavy (non-hydrogen) atoms. The van der Waals surface area contributed by atoms with Crippen LogP contribution >= 0.6 is 39.4 Å². The van der Waals surface area contributed by atoms with Gasteiger partial charge in [0.1, 0.15) is 11.4 Å². The van der Waals surface area contributed by atoms with Gasteiger partial charge >= 0.3 is 6.09 Å². The molecule has 5 nitrogen and oxygen atoms in total. The Morgan fingerprint density at radius 3 is 1.69 bits per heavy atom. The summed E-state index contributed by atoms with van der Waals surface area (Å²) in [6.45, 7) is 9.37. The zero-order chi connectivity index (χ0) is 19.0. The van der Waals surface area contributed by atoms with Gasteiger partial charge in [0, 0.05) is 12.5 Å². The number of carbonyl (C=O) groups excluding carboxylic acids is 3. The number of rotatable bonds is 2. The number of hydrogen-bond donors (Lipinski definition) is 0. The van der Waals surface area contributed by atoms with Crippen LogP contribution in [-0.4, -0.2) is 40.7 Å². The first-order chi connectivity index (χ1) is 11.6. The maximum atomic E-state index is 11.9.